The number of carbonyl (C=O) groups excluding carboxylic acids is 1. The lowest BCUT2D eigenvalue weighted by atomic mass is 10.2. The number of amides is 1. The first-order valence-corrected chi connectivity index (χ1v) is 6.51. The van der Waals surface area contributed by atoms with Crippen molar-refractivity contribution in [3.63, 3.8) is 0 Å². The summed E-state index contributed by atoms with van der Waals surface area (Å²) >= 11 is 0. The van der Waals surface area contributed by atoms with Crippen molar-refractivity contribution in [1.82, 2.24) is 0 Å². The second-order valence-electron chi connectivity index (χ2n) is 4.95. The summed E-state index contributed by atoms with van der Waals surface area (Å²) in [5, 5.41) is 11.8. The lowest BCUT2D eigenvalue weighted by Gasteiger charge is -2.30. The van der Waals surface area contributed by atoms with E-state index in [9.17, 15) is 9.59 Å². The molecular formula is C15H14N2O4. The number of aryl methyl sites for hydroxylation is 1. The first kappa shape index (κ1) is 13.2. The molecule has 1 aromatic carbocycles. The Balaban J connectivity index is 1.90. The molecule has 0 saturated carbocycles. The molecule has 108 valence electrons. The second kappa shape index (κ2) is 4.97. The Kier molecular flexibility index (Phi) is 3.13. The van der Waals surface area contributed by atoms with Gasteiger partial charge in [-0.05, 0) is 25.1 Å². The van der Waals surface area contributed by atoms with Gasteiger partial charge in [-0.25, -0.2) is 4.79 Å². The number of fused-ring (bicyclic) bond motifs is 1. The monoisotopic (exact) mass is 286 g/mol. The van der Waals surface area contributed by atoms with Crippen molar-refractivity contribution in [3.8, 4) is 0 Å². The molecule has 2 aromatic rings. The van der Waals surface area contributed by atoms with Crippen LogP contribution in [0.2, 0.25) is 0 Å². The maximum atomic E-state index is 11.7. The van der Waals surface area contributed by atoms with Gasteiger partial charge in [-0.2, -0.15) is 0 Å². The summed E-state index contributed by atoms with van der Waals surface area (Å²) in [6, 6.07) is 9.16. The summed E-state index contributed by atoms with van der Waals surface area (Å²) in [5.41, 5.74) is 2.21. The molecule has 1 aliphatic rings. The fraction of sp³-hybridized carbons (Fsp3) is 0.200. The highest BCUT2D eigenvalue weighted by molar-refractivity contribution is 6.01. The molecule has 0 fully saturated rings. The van der Waals surface area contributed by atoms with Crippen molar-refractivity contribution < 1.29 is 19.1 Å². The van der Waals surface area contributed by atoms with Crippen LogP contribution in [0.5, 0.6) is 0 Å². The van der Waals surface area contributed by atoms with Gasteiger partial charge in [0, 0.05) is 5.56 Å². The van der Waals surface area contributed by atoms with E-state index < -0.39 is 5.97 Å². The van der Waals surface area contributed by atoms with Gasteiger partial charge in [0.25, 0.3) is 0 Å². The lowest BCUT2D eigenvalue weighted by molar-refractivity contribution is -0.115. The van der Waals surface area contributed by atoms with Crippen LogP contribution in [0.1, 0.15) is 21.9 Å². The number of aromatic carboxylic acids is 1. The molecule has 0 saturated heterocycles. The van der Waals surface area contributed by atoms with E-state index in [2.05, 4.69) is 5.32 Å². The van der Waals surface area contributed by atoms with Crippen LogP contribution in [0.4, 0.5) is 11.4 Å². The highest BCUT2D eigenvalue weighted by Gasteiger charge is 2.23. The molecule has 1 aromatic heterocycles. The van der Waals surface area contributed by atoms with E-state index >= 15 is 0 Å². The number of nitrogens with zero attached hydrogens (tertiary/aromatic N) is 1. The number of rotatable bonds is 3. The van der Waals surface area contributed by atoms with E-state index in [-0.39, 0.29) is 18.2 Å². The maximum absolute atomic E-state index is 11.7. The Morgan fingerprint density at radius 1 is 1.43 bits per heavy atom. The molecule has 0 atom stereocenters. The molecule has 2 heterocycles. The van der Waals surface area contributed by atoms with Crippen LogP contribution in [0.25, 0.3) is 0 Å². The van der Waals surface area contributed by atoms with Crippen LogP contribution in [0.3, 0.4) is 0 Å². The fourth-order valence-electron chi connectivity index (χ4n) is 2.47. The van der Waals surface area contributed by atoms with Crippen LogP contribution in [0, 0.1) is 6.92 Å². The van der Waals surface area contributed by atoms with Gasteiger partial charge in [-0.1, -0.05) is 12.1 Å². The maximum Gasteiger partial charge on any atom is 0.372 e. The van der Waals surface area contributed by atoms with E-state index in [1.807, 2.05) is 29.2 Å². The molecule has 21 heavy (non-hydrogen) atoms. The predicted molar refractivity (Wildman–Crippen MR) is 76.5 cm³/mol. The Morgan fingerprint density at radius 3 is 2.90 bits per heavy atom. The molecule has 1 amide bonds. The summed E-state index contributed by atoms with van der Waals surface area (Å²) < 4.78 is 5.36. The van der Waals surface area contributed by atoms with Crippen molar-refractivity contribution >= 4 is 23.3 Å². The number of carbonyl (C=O) groups is 2. The standard InChI is InChI=1S/C15H14N2O4/c1-9-6-10(21-14(9)15(19)20)7-17-8-13(18)16-11-4-2-3-5-12(11)17/h2-6H,7-8H2,1H3,(H,16,18)(H,19,20). The highest BCUT2D eigenvalue weighted by Crippen LogP contribution is 2.30. The van der Waals surface area contributed by atoms with Gasteiger partial charge in [0.05, 0.1) is 24.5 Å². The molecule has 0 aliphatic carbocycles. The fourth-order valence-corrected chi connectivity index (χ4v) is 2.47. The number of furan rings is 1. The van der Waals surface area contributed by atoms with Crippen molar-refractivity contribution in [2.75, 3.05) is 16.8 Å². The zero-order chi connectivity index (χ0) is 15.0. The minimum atomic E-state index is -1.09. The Morgan fingerprint density at radius 2 is 2.19 bits per heavy atom. The molecule has 0 radical (unpaired) electrons. The first-order chi connectivity index (χ1) is 10.0. The zero-order valence-electron chi connectivity index (χ0n) is 11.4. The number of carboxylic acid groups (broad SMARTS) is 1. The third-order valence-corrected chi connectivity index (χ3v) is 3.36. The van der Waals surface area contributed by atoms with E-state index in [1.165, 1.54) is 0 Å². The first-order valence-electron chi connectivity index (χ1n) is 6.51. The molecule has 6 nitrogen and oxygen atoms in total. The van der Waals surface area contributed by atoms with Gasteiger partial charge in [0.15, 0.2) is 0 Å². The number of benzene rings is 1. The summed E-state index contributed by atoms with van der Waals surface area (Å²) in [7, 11) is 0. The van der Waals surface area contributed by atoms with E-state index in [0.717, 1.165) is 11.4 Å². The summed E-state index contributed by atoms with van der Waals surface area (Å²) in [4.78, 5) is 24.6. The van der Waals surface area contributed by atoms with E-state index in [4.69, 9.17) is 9.52 Å². The molecule has 1 aliphatic heterocycles. The molecule has 0 unspecified atom stereocenters. The van der Waals surface area contributed by atoms with Crippen LogP contribution in [-0.2, 0) is 11.3 Å². The summed E-state index contributed by atoms with van der Waals surface area (Å²) in [6.45, 7) is 2.24. The Hall–Kier alpha value is -2.76. The third kappa shape index (κ3) is 2.47. The average Bonchev–Trinajstić information content (AvgIpc) is 2.79. The Bertz CT molecular complexity index is 720. The smallest absolute Gasteiger partial charge is 0.372 e. The van der Waals surface area contributed by atoms with Gasteiger partial charge >= 0.3 is 5.97 Å². The van der Waals surface area contributed by atoms with Crippen LogP contribution >= 0.6 is 0 Å². The Labute approximate surface area is 121 Å². The van der Waals surface area contributed by atoms with Gasteiger partial charge in [0.1, 0.15) is 5.76 Å². The van der Waals surface area contributed by atoms with Gasteiger partial charge in [-0.15, -0.1) is 0 Å². The van der Waals surface area contributed by atoms with Crippen molar-refractivity contribution in [2.24, 2.45) is 0 Å². The molecule has 2 N–H and O–H groups in total. The minimum Gasteiger partial charge on any atom is -0.475 e. The van der Waals surface area contributed by atoms with Crippen molar-refractivity contribution in [3.05, 3.63) is 47.4 Å². The normalized spacial score (nSPS) is 13.8. The number of carboxylic acids is 1. The third-order valence-electron chi connectivity index (χ3n) is 3.36. The number of hydrogen-bond donors (Lipinski definition) is 2. The average molecular weight is 286 g/mol. The highest BCUT2D eigenvalue weighted by atomic mass is 16.4. The molecule has 6 heteroatoms. The van der Waals surface area contributed by atoms with Crippen LogP contribution < -0.4 is 10.2 Å². The number of hydrogen-bond acceptors (Lipinski definition) is 4. The quantitative estimate of drug-likeness (QED) is 0.904. The number of anilines is 2. The minimum absolute atomic E-state index is 0.0558. The van der Waals surface area contributed by atoms with E-state index in [0.29, 0.717) is 17.9 Å². The van der Waals surface area contributed by atoms with Crippen LogP contribution in [0.15, 0.2) is 34.7 Å². The van der Waals surface area contributed by atoms with Crippen LogP contribution in [-0.4, -0.2) is 23.5 Å². The zero-order valence-corrected chi connectivity index (χ0v) is 11.4. The van der Waals surface area contributed by atoms with Crippen molar-refractivity contribution in [1.29, 1.82) is 0 Å². The lowest BCUT2D eigenvalue weighted by Crippen LogP contribution is -2.37. The molecule has 3 rings (SSSR count). The SMILES string of the molecule is Cc1cc(CN2CC(=O)Nc3ccccc32)oc1C(=O)O. The predicted octanol–water partition coefficient (Wildman–Crippen LogP) is 2.24. The largest absolute Gasteiger partial charge is 0.475 e. The number of nitrogens with one attached hydrogen (secondary N) is 1. The van der Waals surface area contributed by atoms with Gasteiger partial charge in [-0.3, -0.25) is 4.79 Å². The molecule has 0 spiro atoms. The summed E-state index contributed by atoms with van der Waals surface area (Å²) in [6.07, 6.45) is 0. The molecular weight excluding hydrogens is 272 g/mol. The van der Waals surface area contributed by atoms with Gasteiger partial charge in [0.2, 0.25) is 11.7 Å². The summed E-state index contributed by atoms with van der Waals surface area (Å²) in [5.74, 6) is -0.722. The topological polar surface area (TPSA) is 82.8 Å². The molecule has 0 bridgehead atoms. The van der Waals surface area contributed by atoms with E-state index in [1.54, 1.807) is 13.0 Å². The van der Waals surface area contributed by atoms with Gasteiger partial charge < -0.3 is 19.7 Å². The number of para-hydroxylation sites is 2. The second-order valence-corrected chi connectivity index (χ2v) is 4.95. The van der Waals surface area contributed by atoms with Crippen molar-refractivity contribution in [2.45, 2.75) is 13.5 Å².